The summed E-state index contributed by atoms with van der Waals surface area (Å²) in [5.74, 6) is 2.14. The summed E-state index contributed by atoms with van der Waals surface area (Å²) >= 11 is 0. The van der Waals surface area contributed by atoms with Gasteiger partial charge in [0, 0.05) is 12.7 Å². The van der Waals surface area contributed by atoms with Gasteiger partial charge in [0.15, 0.2) is 17.3 Å². The summed E-state index contributed by atoms with van der Waals surface area (Å²) in [4.78, 5) is 12.3. The van der Waals surface area contributed by atoms with E-state index in [9.17, 15) is 4.79 Å². The van der Waals surface area contributed by atoms with E-state index in [1.165, 1.54) is 0 Å². The Balaban J connectivity index is 1.60. The summed E-state index contributed by atoms with van der Waals surface area (Å²) in [7, 11) is 1.82. The van der Waals surface area contributed by atoms with Crippen LogP contribution < -0.4 is 14.2 Å². The quantitative estimate of drug-likeness (QED) is 0.341. The number of carbonyl (C=O) groups is 1. The summed E-state index contributed by atoms with van der Waals surface area (Å²) in [5.41, 5.74) is 3.37. The Hall–Kier alpha value is -3.54. The van der Waals surface area contributed by atoms with Crippen LogP contribution >= 0.6 is 0 Å². The number of hydrogen-bond acceptors (Lipinski definition) is 5. The van der Waals surface area contributed by atoms with Crippen LogP contribution in [-0.2, 0) is 13.7 Å². The standard InChI is InChI=1S/C25H28N2O4/c1-5-29-24-14-10-20(15-25(24)30-6-2)17-31-21-11-7-19(8-12-21)9-13-23(28)22-16-26-27(4)18(22)3/h7-16H,5-6,17H2,1-4H3/b13-9+. The van der Waals surface area contributed by atoms with E-state index in [2.05, 4.69) is 5.10 Å². The lowest BCUT2D eigenvalue weighted by molar-refractivity contribution is 0.104. The van der Waals surface area contributed by atoms with E-state index in [4.69, 9.17) is 14.2 Å². The summed E-state index contributed by atoms with van der Waals surface area (Å²) in [6.45, 7) is 7.34. The fraction of sp³-hybridized carbons (Fsp3) is 0.280. The second-order valence-electron chi connectivity index (χ2n) is 6.97. The van der Waals surface area contributed by atoms with E-state index in [-0.39, 0.29) is 5.78 Å². The lowest BCUT2D eigenvalue weighted by atomic mass is 10.1. The van der Waals surface area contributed by atoms with Crippen LogP contribution in [-0.4, -0.2) is 28.8 Å². The van der Waals surface area contributed by atoms with Crippen molar-refractivity contribution in [2.24, 2.45) is 7.05 Å². The SMILES string of the molecule is CCOc1ccc(COc2ccc(/C=C/C(=O)c3cnn(C)c3C)cc2)cc1OCC. The average Bonchev–Trinajstić information content (AvgIpc) is 3.11. The van der Waals surface area contributed by atoms with Crippen LogP contribution in [0.15, 0.2) is 54.7 Å². The molecule has 6 heteroatoms. The number of aryl methyl sites for hydroxylation is 1. The highest BCUT2D eigenvalue weighted by Crippen LogP contribution is 2.29. The van der Waals surface area contributed by atoms with Crippen LogP contribution in [0.2, 0.25) is 0 Å². The molecule has 1 aromatic heterocycles. The van der Waals surface area contributed by atoms with Gasteiger partial charge >= 0.3 is 0 Å². The minimum absolute atomic E-state index is 0.0634. The van der Waals surface area contributed by atoms with E-state index in [0.717, 1.165) is 34.1 Å². The van der Waals surface area contributed by atoms with E-state index in [1.54, 1.807) is 23.0 Å². The molecule has 0 unspecified atom stereocenters. The van der Waals surface area contributed by atoms with Gasteiger partial charge in [-0.3, -0.25) is 9.48 Å². The first-order chi connectivity index (χ1) is 15.0. The third kappa shape index (κ3) is 5.75. The minimum Gasteiger partial charge on any atom is -0.490 e. The van der Waals surface area contributed by atoms with E-state index < -0.39 is 0 Å². The molecule has 3 rings (SSSR count). The van der Waals surface area contributed by atoms with E-state index in [0.29, 0.717) is 25.4 Å². The molecular weight excluding hydrogens is 392 g/mol. The maximum Gasteiger partial charge on any atom is 0.189 e. The van der Waals surface area contributed by atoms with E-state index in [1.807, 2.05) is 70.3 Å². The number of allylic oxidation sites excluding steroid dienone is 1. The smallest absolute Gasteiger partial charge is 0.189 e. The molecule has 0 saturated carbocycles. The van der Waals surface area contributed by atoms with Crippen molar-refractivity contribution in [2.45, 2.75) is 27.4 Å². The number of ketones is 1. The maximum atomic E-state index is 12.3. The van der Waals surface area contributed by atoms with Crippen LogP contribution in [0.5, 0.6) is 17.2 Å². The number of benzene rings is 2. The summed E-state index contributed by atoms with van der Waals surface area (Å²) in [6.07, 6.45) is 4.95. The number of aromatic nitrogens is 2. The monoisotopic (exact) mass is 420 g/mol. The number of hydrogen-bond donors (Lipinski definition) is 0. The van der Waals surface area contributed by atoms with Gasteiger partial charge < -0.3 is 14.2 Å². The van der Waals surface area contributed by atoms with Gasteiger partial charge in [-0.15, -0.1) is 0 Å². The maximum absolute atomic E-state index is 12.3. The normalized spacial score (nSPS) is 11.0. The molecule has 0 aliphatic heterocycles. The molecule has 0 atom stereocenters. The molecule has 6 nitrogen and oxygen atoms in total. The van der Waals surface area contributed by atoms with Crippen molar-refractivity contribution in [3.05, 3.63) is 77.1 Å². The molecule has 0 spiro atoms. The lowest BCUT2D eigenvalue weighted by Crippen LogP contribution is -2.01. The highest BCUT2D eigenvalue weighted by atomic mass is 16.5. The second-order valence-corrected chi connectivity index (χ2v) is 6.97. The van der Waals surface area contributed by atoms with Gasteiger partial charge in [0.1, 0.15) is 12.4 Å². The number of ether oxygens (including phenoxy) is 3. The molecule has 0 aliphatic carbocycles. The Kier molecular flexibility index (Phi) is 7.49. The van der Waals surface area contributed by atoms with Crippen molar-refractivity contribution in [2.75, 3.05) is 13.2 Å². The van der Waals surface area contributed by atoms with Crippen molar-refractivity contribution in [3.63, 3.8) is 0 Å². The summed E-state index contributed by atoms with van der Waals surface area (Å²) in [6, 6.07) is 13.4. The Morgan fingerprint density at radius 2 is 1.71 bits per heavy atom. The molecule has 0 saturated heterocycles. The highest BCUT2D eigenvalue weighted by Gasteiger charge is 2.10. The molecule has 0 N–H and O–H groups in total. The van der Waals surface area contributed by atoms with Crippen molar-refractivity contribution < 1.29 is 19.0 Å². The Morgan fingerprint density at radius 1 is 1.00 bits per heavy atom. The Morgan fingerprint density at radius 3 is 2.35 bits per heavy atom. The number of carbonyl (C=O) groups excluding carboxylic acids is 1. The predicted octanol–water partition coefficient (Wildman–Crippen LogP) is 5.00. The van der Waals surface area contributed by atoms with Crippen LogP contribution in [0.4, 0.5) is 0 Å². The fourth-order valence-corrected chi connectivity index (χ4v) is 3.03. The first-order valence-electron chi connectivity index (χ1n) is 10.3. The average molecular weight is 421 g/mol. The van der Waals surface area contributed by atoms with Crippen LogP contribution in [0.1, 0.15) is 41.0 Å². The van der Waals surface area contributed by atoms with Gasteiger partial charge in [0.2, 0.25) is 0 Å². The Labute approximate surface area is 183 Å². The Bertz CT molecular complexity index is 1050. The topological polar surface area (TPSA) is 62.6 Å². The molecule has 3 aromatic rings. The summed E-state index contributed by atoms with van der Waals surface area (Å²) < 4.78 is 18.8. The third-order valence-corrected chi connectivity index (χ3v) is 4.82. The van der Waals surface area contributed by atoms with Crippen LogP contribution in [0.25, 0.3) is 6.08 Å². The highest BCUT2D eigenvalue weighted by molar-refractivity contribution is 6.07. The minimum atomic E-state index is -0.0634. The van der Waals surface area contributed by atoms with E-state index >= 15 is 0 Å². The largest absolute Gasteiger partial charge is 0.490 e. The van der Waals surface area contributed by atoms with Crippen molar-refractivity contribution >= 4 is 11.9 Å². The molecule has 2 aromatic carbocycles. The molecular formula is C25H28N2O4. The molecule has 162 valence electrons. The lowest BCUT2D eigenvalue weighted by Gasteiger charge is -2.13. The summed E-state index contributed by atoms with van der Waals surface area (Å²) in [5, 5.41) is 4.11. The number of rotatable bonds is 10. The molecule has 0 aliphatic rings. The zero-order valence-electron chi connectivity index (χ0n) is 18.4. The van der Waals surface area contributed by atoms with Crippen LogP contribution in [0.3, 0.4) is 0 Å². The van der Waals surface area contributed by atoms with Crippen molar-refractivity contribution in [1.29, 1.82) is 0 Å². The van der Waals surface area contributed by atoms with Gasteiger partial charge in [-0.05, 0) is 62.2 Å². The molecule has 31 heavy (non-hydrogen) atoms. The molecule has 0 radical (unpaired) electrons. The molecule has 0 fully saturated rings. The zero-order chi connectivity index (χ0) is 22.2. The van der Waals surface area contributed by atoms with Crippen molar-refractivity contribution in [1.82, 2.24) is 9.78 Å². The molecule has 0 amide bonds. The third-order valence-electron chi connectivity index (χ3n) is 4.82. The van der Waals surface area contributed by atoms with Gasteiger partial charge in [-0.1, -0.05) is 24.3 Å². The van der Waals surface area contributed by atoms with Gasteiger partial charge in [-0.25, -0.2) is 0 Å². The molecule has 1 heterocycles. The van der Waals surface area contributed by atoms with Gasteiger partial charge in [0.25, 0.3) is 0 Å². The zero-order valence-corrected chi connectivity index (χ0v) is 18.4. The molecule has 0 bridgehead atoms. The van der Waals surface area contributed by atoms with Crippen molar-refractivity contribution in [3.8, 4) is 17.2 Å². The fourth-order valence-electron chi connectivity index (χ4n) is 3.03. The first-order valence-corrected chi connectivity index (χ1v) is 10.3. The van der Waals surface area contributed by atoms with Crippen LogP contribution in [0, 0.1) is 6.92 Å². The second kappa shape index (κ2) is 10.5. The predicted molar refractivity (Wildman–Crippen MR) is 121 cm³/mol. The first kappa shape index (κ1) is 22.2. The van der Waals surface area contributed by atoms with Gasteiger partial charge in [-0.2, -0.15) is 5.10 Å². The number of nitrogens with zero attached hydrogens (tertiary/aromatic N) is 2. The van der Waals surface area contributed by atoms with Gasteiger partial charge in [0.05, 0.1) is 25.0 Å².